The zero-order valence-corrected chi connectivity index (χ0v) is 57.7. The number of nitrogens with one attached hydrogen (secondary N) is 1. The summed E-state index contributed by atoms with van der Waals surface area (Å²) in [6.07, 6.45) is 84.9. The van der Waals surface area contributed by atoms with E-state index < -0.39 is 20.0 Å². The largest absolute Gasteiger partial charge is 0.472 e. The Bertz CT molecular complexity index is 1680. The Morgan fingerprint density at radius 3 is 1.13 bits per heavy atom. The highest BCUT2D eigenvalue weighted by molar-refractivity contribution is 7.47. The van der Waals surface area contributed by atoms with Gasteiger partial charge in [-0.2, -0.15) is 0 Å². The Morgan fingerprint density at radius 2 is 0.753 bits per heavy atom. The molecule has 496 valence electrons. The van der Waals surface area contributed by atoms with Gasteiger partial charge in [0.25, 0.3) is 0 Å². The maximum atomic E-state index is 13.6. The number of carbonyl (C=O) groups excluding carboxylic acids is 2. The van der Waals surface area contributed by atoms with Crippen LogP contribution in [0, 0.1) is 0 Å². The average molecular weight is 1210 g/mol. The quantitative estimate of drug-likeness (QED) is 0.0205. The second-order valence-corrected chi connectivity index (χ2v) is 27.2. The van der Waals surface area contributed by atoms with E-state index in [1.54, 1.807) is 0 Å². The Kier molecular flexibility index (Phi) is 62.5. The van der Waals surface area contributed by atoms with E-state index in [9.17, 15) is 19.0 Å². The van der Waals surface area contributed by atoms with E-state index in [1.807, 2.05) is 33.3 Å². The molecular formula is C75H140N2O7P+. The molecule has 2 N–H and O–H groups in total. The van der Waals surface area contributed by atoms with Crippen molar-refractivity contribution >= 4 is 19.7 Å². The minimum absolute atomic E-state index is 0.0371. The van der Waals surface area contributed by atoms with Crippen molar-refractivity contribution in [3.05, 3.63) is 72.9 Å². The SMILES string of the molecule is CC/C=C\C/C=C\C/C=C\C/C=C\C/C=C\CCCCCCCCCC(=O)NC(COP(=O)(O)OCC[N+](C)(C)C)C(/C=C/CCCCCCCCCCCCC)OC(=O)CCCCCCCCCCCCCCCCCCCCCCCCC. The number of hydrogen-bond acceptors (Lipinski definition) is 6. The fourth-order valence-electron chi connectivity index (χ4n) is 10.6. The highest BCUT2D eigenvalue weighted by atomic mass is 31.2. The minimum Gasteiger partial charge on any atom is -0.456 e. The third-order valence-electron chi connectivity index (χ3n) is 16.2. The summed E-state index contributed by atoms with van der Waals surface area (Å²) in [5, 5.41) is 3.07. The second-order valence-electron chi connectivity index (χ2n) is 25.7. The van der Waals surface area contributed by atoms with Gasteiger partial charge in [-0.1, -0.05) is 325 Å². The van der Waals surface area contributed by atoms with Crippen LogP contribution in [0.15, 0.2) is 72.9 Å². The first-order chi connectivity index (χ1) is 41.4. The number of allylic oxidation sites excluding steroid dienone is 11. The summed E-state index contributed by atoms with van der Waals surface area (Å²) < 4.78 is 30.9. The van der Waals surface area contributed by atoms with Gasteiger partial charge >= 0.3 is 13.8 Å². The van der Waals surface area contributed by atoms with Gasteiger partial charge in [0.15, 0.2) is 0 Å². The third kappa shape index (κ3) is 65.7. The van der Waals surface area contributed by atoms with Crippen molar-refractivity contribution < 1.29 is 37.3 Å². The van der Waals surface area contributed by atoms with Crippen LogP contribution in [0.3, 0.4) is 0 Å². The van der Waals surface area contributed by atoms with E-state index >= 15 is 0 Å². The lowest BCUT2D eigenvalue weighted by Gasteiger charge is -2.27. The molecule has 0 aliphatic carbocycles. The maximum Gasteiger partial charge on any atom is 0.472 e. The van der Waals surface area contributed by atoms with Crippen LogP contribution in [-0.4, -0.2) is 74.3 Å². The van der Waals surface area contributed by atoms with E-state index in [2.05, 4.69) is 86.8 Å². The van der Waals surface area contributed by atoms with E-state index in [0.717, 1.165) is 103 Å². The van der Waals surface area contributed by atoms with Crippen molar-refractivity contribution in [3.8, 4) is 0 Å². The molecule has 85 heavy (non-hydrogen) atoms. The standard InChI is InChI=1S/C75H139N2O7P/c1-7-10-13-16-19-22-25-28-30-32-34-36-38-40-42-44-46-49-52-55-58-61-64-67-74(78)76-72(71-83-85(80,81)82-70-69-77(4,5)6)73(66-63-60-57-54-51-48-27-24-21-18-15-12-9-3)84-75(79)68-65-62-59-56-53-50-47-45-43-41-39-37-35-33-31-29-26-23-20-17-14-11-8-2/h10,13,19,22,28,30,34,36,40,42,63,66,72-73H,7-9,11-12,14-18,20-21,23-27,29,31-33,35,37-39,41,43-62,64-65,67-71H2,1-6H3,(H-,76,78,80,81)/p+1/b13-10-,22-19-,30-28-,36-34-,42-40-,66-63+. The van der Waals surface area contributed by atoms with Crippen molar-refractivity contribution in [2.24, 2.45) is 0 Å². The van der Waals surface area contributed by atoms with Gasteiger partial charge in [-0.25, -0.2) is 4.57 Å². The zero-order valence-electron chi connectivity index (χ0n) is 56.9. The summed E-state index contributed by atoms with van der Waals surface area (Å²) in [6.45, 7) is 6.94. The molecule has 0 rings (SSSR count). The molecule has 0 saturated carbocycles. The Morgan fingerprint density at radius 1 is 0.424 bits per heavy atom. The molecule has 0 radical (unpaired) electrons. The molecule has 0 aliphatic rings. The molecule has 0 aromatic carbocycles. The van der Waals surface area contributed by atoms with Crippen molar-refractivity contribution in [1.29, 1.82) is 0 Å². The fraction of sp³-hybridized carbons (Fsp3) is 0.813. The van der Waals surface area contributed by atoms with Gasteiger partial charge in [-0.3, -0.25) is 18.6 Å². The molecule has 0 bridgehead atoms. The van der Waals surface area contributed by atoms with Crippen LogP contribution in [0.1, 0.15) is 342 Å². The average Bonchev–Trinajstić information content (AvgIpc) is 3.52. The first-order valence-corrected chi connectivity index (χ1v) is 37.8. The van der Waals surface area contributed by atoms with Crippen LogP contribution in [0.5, 0.6) is 0 Å². The van der Waals surface area contributed by atoms with E-state index in [0.29, 0.717) is 23.9 Å². The number of ether oxygens (including phenoxy) is 1. The normalized spacial score (nSPS) is 13.9. The second kappa shape index (κ2) is 64.4. The summed E-state index contributed by atoms with van der Waals surface area (Å²) >= 11 is 0. The van der Waals surface area contributed by atoms with E-state index in [4.69, 9.17) is 13.8 Å². The summed E-state index contributed by atoms with van der Waals surface area (Å²) in [5.41, 5.74) is 0. The van der Waals surface area contributed by atoms with Crippen LogP contribution in [0.4, 0.5) is 0 Å². The predicted octanol–water partition coefficient (Wildman–Crippen LogP) is 23.1. The summed E-state index contributed by atoms with van der Waals surface area (Å²) in [6, 6.07) is -0.857. The molecule has 3 atom stereocenters. The molecule has 0 spiro atoms. The Labute approximate surface area is 527 Å². The number of amides is 1. The zero-order chi connectivity index (χ0) is 62.1. The monoisotopic (exact) mass is 1210 g/mol. The van der Waals surface area contributed by atoms with Crippen LogP contribution in [-0.2, 0) is 27.9 Å². The molecule has 0 aromatic rings. The van der Waals surface area contributed by atoms with Gasteiger partial charge in [-0.15, -0.1) is 0 Å². The van der Waals surface area contributed by atoms with Crippen LogP contribution >= 0.6 is 7.82 Å². The lowest BCUT2D eigenvalue weighted by Crippen LogP contribution is -2.47. The molecule has 1 amide bonds. The van der Waals surface area contributed by atoms with Gasteiger partial charge in [0.2, 0.25) is 5.91 Å². The van der Waals surface area contributed by atoms with Gasteiger partial charge in [0.1, 0.15) is 19.3 Å². The van der Waals surface area contributed by atoms with Crippen LogP contribution < -0.4 is 5.32 Å². The van der Waals surface area contributed by atoms with Gasteiger partial charge in [0, 0.05) is 12.8 Å². The van der Waals surface area contributed by atoms with E-state index in [1.165, 1.54) is 205 Å². The number of esters is 1. The number of likely N-dealkylation sites (N-methyl/N-ethyl adjacent to an activating group) is 1. The van der Waals surface area contributed by atoms with Gasteiger partial charge in [0.05, 0.1) is 33.8 Å². The number of rotatable bonds is 66. The molecule has 3 unspecified atom stereocenters. The maximum absolute atomic E-state index is 13.6. The highest BCUT2D eigenvalue weighted by Crippen LogP contribution is 2.43. The Hall–Kier alpha value is -2.55. The van der Waals surface area contributed by atoms with E-state index in [-0.39, 0.29) is 25.1 Å². The molecule has 0 aromatic heterocycles. The Balaban J connectivity index is 5.10. The first kappa shape index (κ1) is 82.5. The lowest BCUT2D eigenvalue weighted by molar-refractivity contribution is -0.870. The first-order valence-electron chi connectivity index (χ1n) is 36.3. The molecule has 10 heteroatoms. The summed E-state index contributed by atoms with van der Waals surface area (Å²) in [5.74, 6) is -0.504. The predicted molar refractivity (Wildman–Crippen MR) is 369 cm³/mol. The number of carbonyl (C=O) groups is 2. The molecular weight excluding hydrogens is 1070 g/mol. The summed E-state index contributed by atoms with van der Waals surface area (Å²) in [7, 11) is 1.49. The van der Waals surface area contributed by atoms with Crippen molar-refractivity contribution in [2.75, 3.05) is 40.9 Å². The molecule has 0 saturated heterocycles. The lowest BCUT2D eigenvalue weighted by atomic mass is 10.0. The highest BCUT2D eigenvalue weighted by Gasteiger charge is 2.30. The van der Waals surface area contributed by atoms with Crippen LogP contribution in [0.25, 0.3) is 0 Å². The molecule has 0 fully saturated rings. The number of phosphoric acid groups is 1. The van der Waals surface area contributed by atoms with Crippen molar-refractivity contribution in [1.82, 2.24) is 5.32 Å². The number of hydrogen-bond donors (Lipinski definition) is 2. The minimum atomic E-state index is -4.46. The molecule has 0 heterocycles. The smallest absolute Gasteiger partial charge is 0.456 e. The molecule has 9 nitrogen and oxygen atoms in total. The van der Waals surface area contributed by atoms with Gasteiger partial charge in [-0.05, 0) is 76.7 Å². The summed E-state index contributed by atoms with van der Waals surface area (Å²) in [4.78, 5) is 37.9. The van der Waals surface area contributed by atoms with Crippen molar-refractivity contribution in [3.63, 3.8) is 0 Å². The fourth-order valence-corrected chi connectivity index (χ4v) is 11.4. The third-order valence-corrected chi connectivity index (χ3v) is 17.1. The van der Waals surface area contributed by atoms with Crippen molar-refractivity contribution in [2.45, 2.75) is 354 Å². The van der Waals surface area contributed by atoms with Gasteiger partial charge < -0.3 is 19.4 Å². The number of quaternary nitrogens is 1. The van der Waals surface area contributed by atoms with Crippen LogP contribution in [0.2, 0.25) is 0 Å². The number of nitrogens with zero attached hydrogens (tertiary/aromatic N) is 1. The number of phosphoric ester groups is 1. The number of unbranched alkanes of at least 4 members (excludes halogenated alkanes) is 40. The molecule has 0 aliphatic heterocycles. The topological polar surface area (TPSA) is 111 Å².